The molecule has 1 aliphatic heterocycles. The Morgan fingerprint density at radius 1 is 1.03 bits per heavy atom. The van der Waals surface area contributed by atoms with Gasteiger partial charge in [-0.25, -0.2) is 0 Å². The molecule has 1 aliphatic rings. The lowest BCUT2D eigenvalue weighted by atomic mass is 10.0. The number of nitrogens with one attached hydrogen (secondary N) is 1. The van der Waals surface area contributed by atoms with Crippen molar-refractivity contribution in [3.8, 4) is 5.75 Å². The van der Waals surface area contributed by atoms with E-state index in [1.807, 2.05) is 13.8 Å². The van der Waals surface area contributed by atoms with E-state index in [0.29, 0.717) is 38.4 Å². The van der Waals surface area contributed by atoms with Crippen LogP contribution in [0, 0.1) is 0 Å². The van der Waals surface area contributed by atoms with E-state index < -0.39 is 47.3 Å². The molecular formula is C18H22F6N2O3. The number of nitrogens with zero attached hydrogens (tertiary/aromatic N) is 1. The number of carbonyl (C=O) groups is 1. The quantitative estimate of drug-likeness (QED) is 0.707. The number of hydrogen-bond acceptors (Lipinski definition) is 4. The zero-order valence-electron chi connectivity index (χ0n) is 15.9. The largest absolute Gasteiger partial charge is 0.484 e. The maximum absolute atomic E-state index is 12.8. The lowest BCUT2D eigenvalue weighted by molar-refractivity contribution is -0.143. The average molecular weight is 428 g/mol. The number of carbonyl (C=O) groups excluding carboxylic acids is 1. The van der Waals surface area contributed by atoms with Gasteiger partial charge < -0.3 is 14.8 Å². The molecule has 2 rings (SSSR count). The fourth-order valence-corrected chi connectivity index (χ4v) is 2.80. The van der Waals surface area contributed by atoms with Crippen molar-refractivity contribution in [2.45, 2.75) is 31.7 Å². The van der Waals surface area contributed by atoms with Gasteiger partial charge in [0.05, 0.1) is 24.3 Å². The zero-order chi connectivity index (χ0) is 21.9. The summed E-state index contributed by atoms with van der Waals surface area (Å²) in [6.07, 6.45) is -9.96. The molecule has 29 heavy (non-hydrogen) atoms. The van der Waals surface area contributed by atoms with Gasteiger partial charge in [-0.2, -0.15) is 26.3 Å². The first kappa shape index (κ1) is 23.3. The predicted molar refractivity (Wildman–Crippen MR) is 91.4 cm³/mol. The van der Waals surface area contributed by atoms with Crippen molar-refractivity contribution in [2.24, 2.45) is 0 Å². The fraction of sp³-hybridized carbons (Fsp3) is 0.611. The highest BCUT2D eigenvalue weighted by atomic mass is 19.4. The summed E-state index contributed by atoms with van der Waals surface area (Å²) in [5.41, 5.74) is -3.41. The minimum absolute atomic E-state index is 0.00220. The maximum Gasteiger partial charge on any atom is 0.416 e. The summed E-state index contributed by atoms with van der Waals surface area (Å²) < 4.78 is 87.3. The van der Waals surface area contributed by atoms with Gasteiger partial charge in [-0.3, -0.25) is 9.69 Å². The summed E-state index contributed by atoms with van der Waals surface area (Å²) in [4.78, 5) is 14.1. The highest BCUT2D eigenvalue weighted by Gasteiger charge is 2.37. The lowest BCUT2D eigenvalue weighted by Gasteiger charge is -2.40. The molecule has 1 saturated heterocycles. The van der Waals surface area contributed by atoms with E-state index in [9.17, 15) is 31.1 Å². The summed E-state index contributed by atoms with van der Waals surface area (Å²) >= 11 is 0. The van der Waals surface area contributed by atoms with Gasteiger partial charge in [0.15, 0.2) is 6.61 Å². The summed E-state index contributed by atoms with van der Waals surface area (Å²) in [5.74, 6) is -1.34. The van der Waals surface area contributed by atoms with Crippen LogP contribution < -0.4 is 10.1 Å². The molecule has 0 unspecified atom stereocenters. The Balaban J connectivity index is 1.98. The molecule has 0 aliphatic carbocycles. The number of benzene rings is 1. The third kappa shape index (κ3) is 6.77. The molecule has 164 valence electrons. The second kappa shape index (κ2) is 8.78. The van der Waals surface area contributed by atoms with Crippen molar-refractivity contribution in [1.29, 1.82) is 0 Å². The van der Waals surface area contributed by atoms with Crippen LogP contribution in [0.1, 0.15) is 25.0 Å². The van der Waals surface area contributed by atoms with E-state index in [-0.39, 0.29) is 12.6 Å². The van der Waals surface area contributed by atoms with Gasteiger partial charge in [0.1, 0.15) is 5.75 Å². The molecule has 0 atom stereocenters. The van der Waals surface area contributed by atoms with Crippen LogP contribution in [-0.2, 0) is 21.9 Å². The number of alkyl halides is 6. The molecular weight excluding hydrogens is 406 g/mol. The van der Waals surface area contributed by atoms with Crippen LogP contribution in [0.25, 0.3) is 0 Å². The number of rotatable bonds is 6. The van der Waals surface area contributed by atoms with E-state index in [0.717, 1.165) is 0 Å². The minimum Gasteiger partial charge on any atom is -0.484 e. The monoisotopic (exact) mass is 428 g/mol. The van der Waals surface area contributed by atoms with Gasteiger partial charge >= 0.3 is 12.4 Å². The number of ether oxygens (including phenoxy) is 2. The van der Waals surface area contributed by atoms with Crippen LogP contribution >= 0.6 is 0 Å². The molecule has 1 aromatic carbocycles. The highest BCUT2D eigenvalue weighted by Crippen LogP contribution is 2.38. The van der Waals surface area contributed by atoms with Gasteiger partial charge in [-0.1, -0.05) is 0 Å². The molecule has 1 N–H and O–H groups in total. The topological polar surface area (TPSA) is 50.8 Å². The molecule has 1 heterocycles. The van der Waals surface area contributed by atoms with Gasteiger partial charge in [0.2, 0.25) is 0 Å². The Labute approximate surface area is 163 Å². The molecule has 1 amide bonds. The first-order valence-corrected chi connectivity index (χ1v) is 8.81. The van der Waals surface area contributed by atoms with Crippen LogP contribution in [0.5, 0.6) is 5.75 Å². The lowest BCUT2D eigenvalue weighted by Crippen LogP contribution is -2.55. The standard InChI is InChI=1S/C18H22F6N2O3/c1-16(2,26-3-5-28-6-4-26)11-25-15(27)10-29-14-8-12(17(19,20)21)7-13(9-14)18(22,23)24/h7-9H,3-6,10-11H2,1-2H3,(H,25,27). The summed E-state index contributed by atoms with van der Waals surface area (Å²) in [7, 11) is 0. The second-order valence-electron chi connectivity index (χ2n) is 7.22. The molecule has 0 bridgehead atoms. The third-order valence-corrected chi connectivity index (χ3v) is 4.52. The van der Waals surface area contributed by atoms with Gasteiger partial charge in [0.25, 0.3) is 5.91 Å². The van der Waals surface area contributed by atoms with Crippen molar-refractivity contribution in [1.82, 2.24) is 10.2 Å². The molecule has 1 fully saturated rings. The second-order valence-corrected chi connectivity index (χ2v) is 7.22. The van der Waals surface area contributed by atoms with Crippen molar-refractivity contribution in [3.63, 3.8) is 0 Å². The van der Waals surface area contributed by atoms with E-state index in [4.69, 9.17) is 9.47 Å². The minimum atomic E-state index is -4.98. The summed E-state index contributed by atoms with van der Waals surface area (Å²) in [5, 5.41) is 2.59. The normalized spacial score (nSPS) is 16.6. The molecule has 5 nitrogen and oxygen atoms in total. The van der Waals surface area contributed by atoms with Crippen LogP contribution in [0.2, 0.25) is 0 Å². The van der Waals surface area contributed by atoms with Crippen molar-refractivity contribution < 1.29 is 40.6 Å². The number of amides is 1. The Kier molecular flexibility index (Phi) is 7.05. The Morgan fingerprint density at radius 3 is 2.03 bits per heavy atom. The first-order chi connectivity index (χ1) is 13.3. The van der Waals surface area contributed by atoms with E-state index in [1.54, 1.807) is 0 Å². The highest BCUT2D eigenvalue weighted by molar-refractivity contribution is 5.77. The first-order valence-electron chi connectivity index (χ1n) is 8.81. The molecule has 0 spiro atoms. The summed E-state index contributed by atoms with van der Waals surface area (Å²) in [6.45, 7) is 5.83. The number of halogens is 6. The predicted octanol–water partition coefficient (Wildman–Crippen LogP) is 3.33. The molecule has 11 heteroatoms. The third-order valence-electron chi connectivity index (χ3n) is 4.52. The number of morpholine rings is 1. The van der Waals surface area contributed by atoms with E-state index in [1.165, 1.54) is 0 Å². The SMILES string of the molecule is CC(C)(CNC(=O)COc1cc(C(F)(F)F)cc(C(F)(F)F)c1)N1CCOCC1. The molecule has 0 radical (unpaired) electrons. The van der Waals surface area contributed by atoms with Crippen molar-refractivity contribution in [3.05, 3.63) is 29.3 Å². The van der Waals surface area contributed by atoms with Crippen LogP contribution in [0.15, 0.2) is 18.2 Å². The Morgan fingerprint density at radius 2 is 1.55 bits per heavy atom. The van der Waals surface area contributed by atoms with E-state index >= 15 is 0 Å². The molecule has 0 saturated carbocycles. The smallest absolute Gasteiger partial charge is 0.416 e. The van der Waals surface area contributed by atoms with Crippen LogP contribution in [0.4, 0.5) is 26.3 Å². The fourth-order valence-electron chi connectivity index (χ4n) is 2.80. The van der Waals surface area contributed by atoms with Crippen LogP contribution in [0.3, 0.4) is 0 Å². The molecule has 1 aromatic rings. The van der Waals surface area contributed by atoms with Crippen molar-refractivity contribution in [2.75, 3.05) is 39.5 Å². The van der Waals surface area contributed by atoms with Crippen LogP contribution in [-0.4, -0.2) is 55.8 Å². The zero-order valence-corrected chi connectivity index (χ0v) is 15.9. The van der Waals surface area contributed by atoms with Gasteiger partial charge in [-0.05, 0) is 32.0 Å². The maximum atomic E-state index is 12.8. The molecule has 0 aromatic heterocycles. The average Bonchev–Trinajstić information content (AvgIpc) is 2.64. The number of hydrogen-bond donors (Lipinski definition) is 1. The van der Waals surface area contributed by atoms with E-state index in [2.05, 4.69) is 10.2 Å². The summed E-state index contributed by atoms with van der Waals surface area (Å²) in [6, 6.07) is 0.859. The Hall–Kier alpha value is -2.01. The van der Waals surface area contributed by atoms with Gasteiger partial charge in [0, 0.05) is 25.2 Å². The van der Waals surface area contributed by atoms with Gasteiger partial charge in [-0.15, -0.1) is 0 Å². The Bertz CT molecular complexity index is 680. The van der Waals surface area contributed by atoms with Crippen molar-refractivity contribution >= 4 is 5.91 Å².